The number of aliphatic hydroxyl groups excluding tert-OH is 1. The Bertz CT molecular complexity index is 1620. The second-order valence-electron chi connectivity index (χ2n) is 12.5. The first-order chi connectivity index (χ1) is 21.3. The molecular weight excluding hydrogens is 596 g/mol. The molecular formula is C33H43N4O7S+. The average molecular weight is 640 g/mol. The Labute approximate surface area is 266 Å². The van der Waals surface area contributed by atoms with Crippen molar-refractivity contribution in [3.8, 4) is 0 Å². The summed E-state index contributed by atoms with van der Waals surface area (Å²) >= 11 is 0.850. The van der Waals surface area contributed by atoms with Crippen molar-refractivity contribution in [1.82, 2.24) is 20.6 Å². The smallest absolute Gasteiger partial charge is 0.303 e. The van der Waals surface area contributed by atoms with Crippen molar-refractivity contribution in [2.45, 2.75) is 96.3 Å². The standard InChI is InChI=1S/C33H42N4O7S/c1-6-18-16(4)31(42)37-24(18)12-22-15(3)20(8-10-28(40)41)26(35-22)13-25-19(7-9-27(38)39)14(2)21(34-25)11-23-17(5)29(32(43)36-23)30-33(44)45-30/h12,16,18,23,30,33-35,44H,6-11,13H2,1-5H3,(H,36,43)(H,37,42)(H,38,39)(H,40,41)/p+1/b24-12-/t16-,18-,23-,30-,33+/m1/s1. The molecule has 5 rings (SSSR count). The Balaban J connectivity index is 1.50. The molecule has 7 N–H and O–H groups in total. The Morgan fingerprint density at radius 2 is 1.53 bits per heavy atom. The molecule has 2 saturated heterocycles. The van der Waals surface area contributed by atoms with Gasteiger partial charge in [0, 0.05) is 77.8 Å². The summed E-state index contributed by atoms with van der Waals surface area (Å²) in [6, 6.07) is -0.236. The number of aliphatic hydroxyl groups is 1. The summed E-state index contributed by atoms with van der Waals surface area (Å²) < 4.78 is 0. The molecule has 0 saturated carbocycles. The number of thiol groups is 1. The number of carbonyl (C=O) groups is 4. The number of nitrogens with one attached hydrogen (secondary N) is 4. The molecule has 2 amide bonds. The number of carboxylic acid groups (broad SMARTS) is 2. The van der Waals surface area contributed by atoms with Gasteiger partial charge in [0.25, 0.3) is 11.3 Å². The molecule has 3 aliphatic heterocycles. The Morgan fingerprint density at radius 3 is 2.11 bits per heavy atom. The molecule has 5 heterocycles. The van der Waals surface area contributed by atoms with Gasteiger partial charge in [-0.05, 0) is 73.9 Å². The molecule has 0 spiro atoms. The number of amides is 2. The fourth-order valence-electron chi connectivity index (χ4n) is 6.95. The van der Waals surface area contributed by atoms with Gasteiger partial charge in [-0.15, -0.1) is 0 Å². The lowest BCUT2D eigenvalue weighted by Crippen LogP contribution is -2.31. The highest BCUT2D eigenvalue weighted by Crippen LogP contribution is 2.36. The van der Waals surface area contributed by atoms with Crippen molar-refractivity contribution < 1.29 is 34.5 Å². The third-order valence-electron chi connectivity index (χ3n) is 9.74. The zero-order valence-corrected chi connectivity index (χ0v) is 27.2. The van der Waals surface area contributed by atoms with E-state index in [1.165, 1.54) is 0 Å². The summed E-state index contributed by atoms with van der Waals surface area (Å²) in [7, 11) is 0. The van der Waals surface area contributed by atoms with Crippen LogP contribution in [0.3, 0.4) is 0 Å². The van der Waals surface area contributed by atoms with Crippen LogP contribution in [0.15, 0.2) is 16.8 Å². The molecule has 242 valence electrons. The molecule has 0 unspecified atom stereocenters. The van der Waals surface area contributed by atoms with Gasteiger partial charge < -0.3 is 35.9 Å². The highest BCUT2D eigenvalue weighted by molar-refractivity contribution is 7.87. The fraction of sp³-hybridized carbons (Fsp3) is 0.515. The Morgan fingerprint density at radius 1 is 0.933 bits per heavy atom. The van der Waals surface area contributed by atoms with Crippen molar-refractivity contribution >= 4 is 41.6 Å². The van der Waals surface area contributed by atoms with Crippen LogP contribution in [0.25, 0.3) is 6.08 Å². The van der Waals surface area contributed by atoms with Gasteiger partial charge >= 0.3 is 11.9 Å². The van der Waals surface area contributed by atoms with Crippen LogP contribution >= 0.6 is 0 Å². The monoisotopic (exact) mass is 639 g/mol. The highest BCUT2D eigenvalue weighted by atomic mass is 32.2. The summed E-state index contributed by atoms with van der Waals surface area (Å²) in [5, 5.41) is 34.8. The minimum absolute atomic E-state index is 0.00959. The summed E-state index contributed by atoms with van der Waals surface area (Å²) in [6.45, 7) is 9.81. The van der Waals surface area contributed by atoms with Gasteiger partial charge in [-0.2, -0.15) is 0 Å². The van der Waals surface area contributed by atoms with Crippen LogP contribution in [-0.2, 0) is 56.6 Å². The second kappa shape index (κ2) is 12.9. The predicted molar refractivity (Wildman–Crippen MR) is 172 cm³/mol. The molecule has 3 aliphatic rings. The fourth-order valence-corrected chi connectivity index (χ4v) is 7.80. The maximum absolute atomic E-state index is 12.7. The minimum Gasteiger partial charge on any atom is -0.481 e. The molecule has 2 fully saturated rings. The zero-order valence-electron chi connectivity index (χ0n) is 26.3. The van der Waals surface area contributed by atoms with Gasteiger partial charge in [0.05, 0.1) is 11.6 Å². The number of carboxylic acids is 2. The zero-order chi connectivity index (χ0) is 32.7. The summed E-state index contributed by atoms with van der Waals surface area (Å²) in [5.41, 5.74) is 8.97. The maximum Gasteiger partial charge on any atom is 0.303 e. The number of aromatic nitrogens is 2. The van der Waals surface area contributed by atoms with E-state index in [0.717, 1.165) is 74.5 Å². The first kappa shape index (κ1) is 32.6. The van der Waals surface area contributed by atoms with Gasteiger partial charge in [-0.25, -0.2) is 0 Å². The van der Waals surface area contributed by atoms with Crippen LogP contribution < -0.4 is 10.6 Å². The van der Waals surface area contributed by atoms with E-state index < -0.39 is 17.4 Å². The number of H-pyrrole nitrogens is 2. The normalized spacial score (nSPS) is 25.3. The first-order valence-corrected chi connectivity index (χ1v) is 16.6. The van der Waals surface area contributed by atoms with Gasteiger partial charge in [0.2, 0.25) is 11.2 Å². The van der Waals surface area contributed by atoms with E-state index in [2.05, 4.69) is 27.5 Å². The van der Waals surface area contributed by atoms with Crippen LogP contribution in [0, 0.1) is 25.7 Å². The molecule has 0 bridgehead atoms. The van der Waals surface area contributed by atoms with Crippen molar-refractivity contribution in [2.24, 2.45) is 11.8 Å². The van der Waals surface area contributed by atoms with Gasteiger partial charge in [-0.3, -0.25) is 19.2 Å². The Hall–Kier alpha value is -3.77. The van der Waals surface area contributed by atoms with Gasteiger partial charge in [0.1, 0.15) is 0 Å². The molecule has 5 atom stereocenters. The second-order valence-corrected chi connectivity index (χ2v) is 13.9. The first-order valence-electron chi connectivity index (χ1n) is 15.6. The topological polar surface area (TPSA) is 185 Å². The van der Waals surface area contributed by atoms with E-state index in [1.807, 2.05) is 33.8 Å². The van der Waals surface area contributed by atoms with Crippen LogP contribution in [-0.4, -0.2) is 65.8 Å². The number of rotatable bonds is 13. The lowest BCUT2D eigenvalue weighted by molar-refractivity contribution is -0.138. The van der Waals surface area contributed by atoms with Crippen LogP contribution in [0.4, 0.5) is 0 Å². The summed E-state index contributed by atoms with van der Waals surface area (Å²) in [6.07, 6.45) is 4.21. The maximum atomic E-state index is 12.7. The van der Waals surface area contributed by atoms with Crippen LogP contribution in [0.5, 0.6) is 0 Å². The van der Waals surface area contributed by atoms with Gasteiger partial charge in [-0.1, -0.05) is 13.8 Å². The lowest BCUT2D eigenvalue weighted by Gasteiger charge is -2.12. The molecule has 2 aromatic heterocycles. The van der Waals surface area contributed by atoms with Crippen molar-refractivity contribution in [1.29, 1.82) is 0 Å². The van der Waals surface area contributed by atoms with E-state index in [1.54, 1.807) is 0 Å². The summed E-state index contributed by atoms with van der Waals surface area (Å²) in [5.74, 6) is -2.02. The van der Waals surface area contributed by atoms with Crippen molar-refractivity contribution in [3.63, 3.8) is 0 Å². The molecule has 0 radical (unpaired) electrons. The van der Waals surface area contributed by atoms with E-state index in [9.17, 15) is 34.5 Å². The number of hydrogen-bond donors (Lipinski definition) is 7. The van der Waals surface area contributed by atoms with E-state index >= 15 is 0 Å². The summed E-state index contributed by atoms with van der Waals surface area (Å²) in [4.78, 5) is 55.4. The quantitative estimate of drug-likeness (QED) is 0.0998. The van der Waals surface area contributed by atoms with Gasteiger partial charge in [0.15, 0.2) is 0 Å². The van der Waals surface area contributed by atoms with Crippen LogP contribution in [0.2, 0.25) is 0 Å². The minimum atomic E-state index is -0.901. The van der Waals surface area contributed by atoms with E-state index in [0.29, 0.717) is 31.3 Å². The number of allylic oxidation sites excluding steroid dienone is 1. The predicted octanol–water partition coefficient (Wildman–Crippen LogP) is 2.59. The number of hydrogen-bond acceptors (Lipinski definition) is 5. The third kappa shape index (κ3) is 6.62. The number of carbonyl (C=O) groups excluding carboxylic acids is 2. The third-order valence-corrected chi connectivity index (χ3v) is 10.9. The SMILES string of the molecule is CC[C@H]1/C(=C/c2[nH]c(Cc3[nH]c(C[C@H]4NC(=O)C([C@H]5[SH+][C@@H]5O)=C4C)c(C)c3CCC(=O)O)c(CCC(=O)O)c2C)NC(=O)[C@@H]1C. The van der Waals surface area contributed by atoms with Crippen LogP contribution in [0.1, 0.15) is 85.1 Å². The lowest BCUT2D eigenvalue weighted by atomic mass is 9.92. The largest absolute Gasteiger partial charge is 0.481 e. The molecule has 0 aliphatic carbocycles. The molecule has 2 aromatic rings. The van der Waals surface area contributed by atoms with E-state index in [-0.39, 0.29) is 47.8 Å². The average Bonchev–Trinajstić information content (AvgIpc) is 3.20. The molecule has 0 aromatic carbocycles. The van der Waals surface area contributed by atoms with Crippen molar-refractivity contribution in [3.05, 3.63) is 61.9 Å². The van der Waals surface area contributed by atoms with Crippen molar-refractivity contribution in [2.75, 3.05) is 0 Å². The molecule has 12 heteroatoms. The molecule has 11 nitrogen and oxygen atoms in total. The number of aliphatic carboxylic acids is 2. The molecule has 45 heavy (non-hydrogen) atoms. The van der Waals surface area contributed by atoms with E-state index in [4.69, 9.17) is 0 Å². The highest BCUT2D eigenvalue weighted by Gasteiger charge is 2.56. The number of aromatic amines is 2. The Kier molecular flexibility index (Phi) is 9.36.